The quantitative estimate of drug-likeness (QED) is 0.572. The minimum absolute atomic E-state index is 0.263. The van der Waals surface area contributed by atoms with E-state index in [1.54, 1.807) is 18.2 Å². The van der Waals surface area contributed by atoms with E-state index in [1.165, 1.54) is 6.07 Å². The number of hydrogen-bond donors (Lipinski definition) is 2. The SMILES string of the molecule is Nc1cc(Cl)cc(Cl)c1NC(=O)c1ccccc1I. The highest BCUT2D eigenvalue weighted by molar-refractivity contribution is 14.1. The van der Waals surface area contributed by atoms with Crippen LogP contribution in [0, 0.1) is 3.57 Å². The summed E-state index contributed by atoms with van der Waals surface area (Å²) in [6, 6.07) is 10.3. The Kier molecular flexibility index (Phi) is 4.54. The van der Waals surface area contributed by atoms with E-state index in [-0.39, 0.29) is 5.91 Å². The number of nitrogen functional groups attached to an aromatic ring is 1. The molecule has 2 aromatic carbocycles. The second kappa shape index (κ2) is 5.98. The van der Waals surface area contributed by atoms with Gasteiger partial charge in [-0.05, 0) is 46.9 Å². The standard InChI is InChI=1S/C13H9Cl2IN2O/c14-7-5-9(15)12(11(17)6-7)18-13(19)8-3-1-2-4-10(8)16/h1-6H,17H2,(H,18,19). The topological polar surface area (TPSA) is 55.1 Å². The maximum absolute atomic E-state index is 12.2. The van der Waals surface area contributed by atoms with Crippen LogP contribution in [0.4, 0.5) is 11.4 Å². The fraction of sp³-hybridized carbons (Fsp3) is 0. The average molecular weight is 407 g/mol. The van der Waals surface area contributed by atoms with Gasteiger partial charge in [0, 0.05) is 8.59 Å². The van der Waals surface area contributed by atoms with Gasteiger partial charge in [-0.25, -0.2) is 0 Å². The zero-order chi connectivity index (χ0) is 14.0. The van der Waals surface area contributed by atoms with Gasteiger partial charge < -0.3 is 11.1 Å². The molecule has 1 amide bonds. The van der Waals surface area contributed by atoms with E-state index in [9.17, 15) is 4.79 Å². The minimum Gasteiger partial charge on any atom is -0.397 e. The molecule has 3 nitrogen and oxygen atoms in total. The maximum Gasteiger partial charge on any atom is 0.256 e. The van der Waals surface area contributed by atoms with E-state index in [4.69, 9.17) is 28.9 Å². The summed E-state index contributed by atoms with van der Waals surface area (Å²) < 4.78 is 0.848. The van der Waals surface area contributed by atoms with Crippen LogP contribution in [0.3, 0.4) is 0 Å². The van der Waals surface area contributed by atoms with Crippen LogP contribution < -0.4 is 11.1 Å². The first-order valence-electron chi connectivity index (χ1n) is 5.29. The fourth-order valence-electron chi connectivity index (χ4n) is 1.55. The van der Waals surface area contributed by atoms with Gasteiger partial charge in [-0.1, -0.05) is 35.3 Å². The Labute approximate surface area is 134 Å². The molecule has 0 saturated carbocycles. The summed E-state index contributed by atoms with van der Waals surface area (Å²) in [7, 11) is 0. The fourth-order valence-corrected chi connectivity index (χ4v) is 2.74. The second-order valence-electron chi connectivity index (χ2n) is 3.79. The van der Waals surface area contributed by atoms with Gasteiger partial charge in [0.25, 0.3) is 5.91 Å². The van der Waals surface area contributed by atoms with Crippen molar-refractivity contribution in [1.29, 1.82) is 0 Å². The van der Waals surface area contributed by atoms with E-state index in [0.717, 1.165) is 3.57 Å². The van der Waals surface area contributed by atoms with Crippen molar-refractivity contribution in [3.05, 3.63) is 55.6 Å². The molecule has 0 aliphatic heterocycles. The summed E-state index contributed by atoms with van der Waals surface area (Å²) in [6.07, 6.45) is 0. The van der Waals surface area contributed by atoms with Crippen molar-refractivity contribution in [3.63, 3.8) is 0 Å². The monoisotopic (exact) mass is 406 g/mol. The lowest BCUT2D eigenvalue weighted by atomic mass is 10.2. The van der Waals surface area contributed by atoms with Crippen LogP contribution in [0.15, 0.2) is 36.4 Å². The van der Waals surface area contributed by atoms with E-state index in [1.807, 2.05) is 12.1 Å². The number of rotatable bonds is 2. The molecule has 0 aliphatic rings. The number of nitrogens with one attached hydrogen (secondary N) is 1. The molecular formula is C13H9Cl2IN2O. The van der Waals surface area contributed by atoms with Gasteiger partial charge in [0.2, 0.25) is 0 Å². The zero-order valence-electron chi connectivity index (χ0n) is 9.58. The number of hydrogen-bond acceptors (Lipinski definition) is 2. The molecule has 0 saturated heterocycles. The molecule has 0 fully saturated rings. The molecular weight excluding hydrogens is 398 g/mol. The molecule has 0 radical (unpaired) electrons. The first-order chi connectivity index (χ1) is 8.99. The molecule has 0 aliphatic carbocycles. The number of benzene rings is 2. The lowest BCUT2D eigenvalue weighted by Crippen LogP contribution is -2.14. The molecule has 2 rings (SSSR count). The number of halogens is 3. The summed E-state index contributed by atoms with van der Waals surface area (Å²) in [6.45, 7) is 0. The summed E-state index contributed by atoms with van der Waals surface area (Å²) in [4.78, 5) is 12.2. The van der Waals surface area contributed by atoms with Gasteiger partial charge in [-0.3, -0.25) is 4.79 Å². The van der Waals surface area contributed by atoms with Gasteiger partial charge in [-0.15, -0.1) is 0 Å². The molecule has 0 aromatic heterocycles. The smallest absolute Gasteiger partial charge is 0.256 e. The van der Waals surface area contributed by atoms with Crippen LogP contribution in [0.5, 0.6) is 0 Å². The van der Waals surface area contributed by atoms with E-state index in [0.29, 0.717) is 27.0 Å². The highest BCUT2D eigenvalue weighted by atomic mass is 127. The van der Waals surface area contributed by atoms with Gasteiger partial charge in [0.15, 0.2) is 0 Å². The molecule has 2 aromatic rings. The Hall–Kier alpha value is -0.980. The Morgan fingerprint density at radius 1 is 1.21 bits per heavy atom. The highest BCUT2D eigenvalue weighted by Crippen LogP contribution is 2.32. The van der Waals surface area contributed by atoms with Crippen LogP contribution >= 0.6 is 45.8 Å². The largest absolute Gasteiger partial charge is 0.397 e. The Bertz CT molecular complexity index is 623. The third-order valence-electron chi connectivity index (χ3n) is 2.44. The van der Waals surface area contributed by atoms with Crippen molar-refractivity contribution in [3.8, 4) is 0 Å². The third kappa shape index (κ3) is 3.32. The van der Waals surface area contributed by atoms with Crippen LogP contribution in [0.2, 0.25) is 10.0 Å². The van der Waals surface area contributed by atoms with Crippen molar-refractivity contribution in [1.82, 2.24) is 0 Å². The van der Waals surface area contributed by atoms with E-state index < -0.39 is 0 Å². The van der Waals surface area contributed by atoms with E-state index >= 15 is 0 Å². The lowest BCUT2D eigenvalue weighted by Gasteiger charge is -2.11. The predicted molar refractivity (Wildman–Crippen MR) is 88.0 cm³/mol. The first kappa shape index (κ1) is 14.4. The zero-order valence-corrected chi connectivity index (χ0v) is 13.3. The summed E-state index contributed by atoms with van der Waals surface area (Å²) >= 11 is 13.9. The Morgan fingerprint density at radius 3 is 2.53 bits per heavy atom. The highest BCUT2D eigenvalue weighted by Gasteiger charge is 2.13. The second-order valence-corrected chi connectivity index (χ2v) is 5.79. The van der Waals surface area contributed by atoms with Crippen molar-refractivity contribution in [2.45, 2.75) is 0 Å². The Morgan fingerprint density at radius 2 is 1.89 bits per heavy atom. The molecule has 0 atom stereocenters. The summed E-state index contributed by atoms with van der Waals surface area (Å²) in [5.74, 6) is -0.263. The van der Waals surface area contributed by atoms with Gasteiger partial charge in [0.05, 0.1) is 22.0 Å². The number of carbonyl (C=O) groups excluding carboxylic acids is 1. The van der Waals surface area contributed by atoms with E-state index in [2.05, 4.69) is 27.9 Å². The molecule has 0 heterocycles. The predicted octanol–water partition coefficient (Wildman–Crippen LogP) is 4.43. The van der Waals surface area contributed by atoms with Gasteiger partial charge in [-0.2, -0.15) is 0 Å². The molecule has 6 heteroatoms. The minimum atomic E-state index is -0.263. The van der Waals surface area contributed by atoms with Crippen LogP contribution in [-0.2, 0) is 0 Å². The van der Waals surface area contributed by atoms with Crippen LogP contribution in [0.25, 0.3) is 0 Å². The maximum atomic E-state index is 12.2. The number of amides is 1. The number of carbonyl (C=O) groups is 1. The van der Waals surface area contributed by atoms with Gasteiger partial charge >= 0.3 is 0 Å². The van der Waals surface area contributed by atoms with Crippen molar-refractivity contribution in [2.24, 2.45) is 0 Å². The average Bonchev–Trinajstić information content (AvgIpc) is 2.34. The number of anilines is 2. The lowest BCUT2D eigenvalue weighted by molar-refractivity contribution is 0.102. The van der Waals surface area contributed by atoms with Gasteiger partial charge in [0.1, 0.15) is 0 Å². The van der Waals surface area contributed by atoms with Crippen LogP contribution in [0.1, 0.15) is 10.4 Å². The van der Waals surface area contributed by atoms with Crippen molar-refractivity contribution in [2.75, 3.05) is 11.1 Å². The van der Waals surface area contributed by atoms with Crippen LogP contribution in [-0.4, -0.2) is 5.91 Å². The molecule has 19 heavy (non-hydrogen) atoms. The molecule has 98 valence electrons. The summed E-state index contributed by atoms with van der Waals surface area (Å²) in [5, 5.41) is 3.44. The molecule has 0 spiro atoms. The van der Waals surface area contributed by atoms with Crippen molar-refractivity contribution >= 4 is 63.1 Å². The van der Waals surface area contributed by atoms with Crippen molar-refractivity contribution < 1.29 is 4.79 Å². The third-order valence-corrected chi connectivity index (χ3v) is 3.90. The number of nitrogens with two attached hydrogens (primary N) is 1. The summed E-state index contributed by atoms with van der Waals surface area (Å²) in [5.41, 5.74) is 7.07. The molecule has 3 N–H and O–H groups in total. The Balaban J connectivity index is 2.32. The first-order valence-corrected chi connectivity index (χ1v) is 7.13. The molecule has 0 bridgehead atoms. The normalized spacial score (nSPS) is 10.3. The molecule has 0 unspecified atom stereocenters.